The Morgan fingerprint density at radius 2 is 1.90 bits per heavy atom. The lowest BCUT2D eigenvalue weighted by Gasteiger charge is -2.08. The van der Waals surface area contributed by atoms with Crippen molar-refractivity contribution in [1.29, 1.82) is 0 Å². The van der Waals surface area contributed by atoms with E-state index in [4.69, 9.17) is 10.5 Å². The Balaban J connectivity index is 1.85. The number of fused-ring (bicyclic) bond motifs is 1. The van der Waals surface area contributed by atoms with Crippen molar-refractivity contribution in [3.8, 4) is 5.88 Å². The quantitative estimate of drug-likeness (QED) is 0.798. The Morgan fingerprint density at radius 3 is 2.75 bits per heavy atom. The summed E-state index contributed by atoms with van der Waals surface area (Å²) in [5.41, 5.74) is 6.70. The molecule has 1 aromatic heterocycles. The van der Waals surface area contributed by atoms with E-state index in [1.165, 1.54) is 17.0 Å². The molecule has 0 fully saturated rings. The molecule has 0 bridgehead atoms. The molecule has 2 aromatic carbocycles. The minimum Gasteiger partial charge on any atom is -0.472 e. The van der Waals surface area contributed by atoms with Gasteiger partial charge >= 0.3 is 0 Å². The summed E-state index contributed by atoms with van der Waals surface area (Å²) in [6.45, 7) is 0.437. The van der Waals surface area contributed by atoms with Crippen molar-refractivity contribution >= 4 is 32.5 Å². The van der Waals surface area contributed by atoms with Crippen LogP contribution in [0.3, 0.4) is 0 Å². The average Bonchev–Trinajstić information content (AvgIpc) is 2.48. The fourth-order valence-corrected chi connectivity index (χ4v) is 2.28. The Hall–Kier alpha value is -2.14. The number of nitrogens with zero attached hydrogens (tertiary/aromatic N) is 2. The van der Waals surface area contributed by atoms with Crippen LogP contribution in [0.2, 0.25) is 0 Å². The van der Waals surface area contributed by atoms with E-state index in [9.17, 15) is 0 Å². The van der Waals surface area contributed by atoms with Crippen molar-refractivity contribution in [2.75, 3.05) is 5.73 Å². The van der Waals surface area contributed by atoms with Crippen LogP contribution < -0.4 is 10.5 Å². The van der Waals surface area contributed by atoms with Gasteiger partial charge in [0.1, 0.15) is 6.61 Å². The van der Waals surface area contributed by atoms with E-state index in [1.54, 1.807) is 0 Å². The molecule has 100 valence electrons. The Labute approximate surface area is 124 Å². The predicted octanol–water partition coefficient (Wildman–Crippen LogP) is 3.55. The van der Waals surface area contributed by atoms with Gasteiger partial charge in [-0.3, -0.25) is 0 Å². The highest BCUT2D eigenvalue weighted by Crippen LogP contribution is 2.21. The fraction of sp³-hybridized carbons (Fsp3) is 0.0667. The largest absolute Gasteiger partial charge is 0.472 e. The number of rotatable bonds is 3. The van der Waals surface area contributed by atoms with Crippen LogP contribution in [0.1, 0.15) is 5.56 Å². The zero-order valence-corrected chi connectivity index (χ0v) is 12.2. The molecule has 4 nitrogen and oxygen atoms in total. The second-order valence-electron chi connectivity index (χ2n) is 4.31. The van der Waals surface area contributed by atoms with Crippen LogP contribution in [0.15, 0.2) is 53.3 Å². The maximum absolute atomic E-state index is 5.68. The van der Waals surface area contributed by atoms with Crippen molar-refractivity contribution in [3.05, 3.63) is 58.8 Å². The maximum Gasteiger partial charge on any atom is 0.233 e. The van der Waals surface area contributed by atoms with Gasteiger partial charge in [-0.15, -0.1) is 0 Å². The second-order valence-corrected chi connectivity index (χ2v) is 5.06. The first-order chi connectivity index (χ1) is 9.74. The molecule has 0 amide bonds. The van der Waals surface area contributed by atoms with E-state index in [-0.39, 0.29) is 0 Å². The van der Waals surface area contributed by atoms with Gasteiger partial charge in [-0.2, -0.15) is 0 Å². The van der Waals surface area contributed by atoms with E-state index < -0.39 is 0 Å². The smallest absolute Gasteiger partial charge is 0.233 e. The van der Waals surface area contributed by atoms with Crippen LogP contribution in [0.25, 0.3) is 10.8 Å². The number of nitrogens with two attached hydrogens (primary N) is 1. The van der Waals surface area contributed by atoms with E-state index >= 15 is 0 Å². The number of aromatic nitrogens is 2. The normalized spacial score (nSPS) is 10.7. The molecule has 3 rings (SSSR count). The molecular formula is C15H12BrN3O. The number of ether oxygens (including phenoxy) is 1. The van der Waals surface area contributed by atoms with Crippen LogP contribution in [-0.4, -0.2) is 9.97 Å². The summed E-state index contributed by atoms with van der Waals surface area (Å²) in [4.78, 5) is 8.17. The van der Waals surface area contributed by atoms with Gasteiger partial charge < -0.3 is 10.5 Å². The summed E-state index contributed by atoms with van der Waals surface area (Å²) in [6.07, 6.45) is 1.52. The standard InChI is InChI=1S/C15H12BrN3O/c16-14-15(17)18-8-13(19-14)20-9-11-6-3-5-10-4-1-2-7-12(10)11/h1-8H,9H2,(H2,17,18). The molecule has 20 heavy (non-hydrogen) atoms. The molecule has 0 aliphatic carbocycles. The van der Waals surface area contributed by atoms with Crippen molar-refractivity contribution in [1.82, 2.24) is 9.97 Å². The van der Waals surface area contributed by atoms with Gasteiger partial charge in [0.2, 0.25) is 5.88 Å². The maximum atomic E-state index is 5.68. The summed E-state index contributed by atoms with van der Waals surface area (Å²) >= 11 is 3.23. The molecule has 5 heteroatoms. The number of halogens is 1. The zero-order valence-electron chi connectivity index (χ0n) is 10.6. The molecule has 0 radical (unpaired) electrons. The predicted molar refractivity (Wildman–Crippen MR) is 82.4 cm³/mol. The first kappa shape index (κ1) is 12.9. The van der Waals surface area contributed by atoms with Gasteiger partial charge in [-0.25, -0.2) is 9.97 Å². The summed E-state index contributed by atoms with van der Waals surface area (Å²) in [5, 5.41) is 2.37. The number of nitrogen functional groups attached to an aromatic ring is 1. The highest BCUT2D eigenvalue weighted by molar-refractivity contribution is 9.10. The minimum atomic E-state index is 0.350. The Bertz CT molecular complexity index is 756. The highest BCUT2D eigenvalue weighted by Gasteiger charge is 2.05. The molecule has 0 unspecified atom stereocenters. The van der Waals surface area contributed by atoms with E-state index in [1.807, 2.05) is 24.3 Å². The van der Waals surface area contributed by atoms with Crippen LogP contribution in [0.4, 0.5) is 5.82 Å². The molecule has 0 aliphatic heterocycles. The zero-order chi connectivity index (χ0) is 13.9. The highest BCUT2D eigenvalue weighted by atomic mass is 79.9. The van der Waals surface area contributed by atoms with Crippen molar-refractivity contribution in [2.45, 2.75) is 6.61 Å². The van der Waals surface area contributed by atoms with Crippen LogP contribution in [-0.2, 0) is 6.61 Å². The summed E-state index contributed by atoms with van der Waals surface area (Å²) in [6, 6.07) is 14.4. The van der Waals surface area contributed by atoms with Crippen molar-refractivity contribution in [2.24, 2.45) is 0 Å². The fourth-order valence-electron chi connectivity index (χ4n) is 2.00. The molecule has 0 saturated heterocycles. The molecule has 0 aliphatic rings. The molecule has 1 heterocycles. The molecule has 0 atom stereocenters. The number of hydrogen-bond acceptors (Lipinski definition) is 4. The number of benzene rings is 2. The van der Waals surface area contributed by atoms with E-state index in [2.05, 4.69) is 44.1 Å². The van der Waals surface area contributed by atoms with Gasteiger partial charge in [0.25, 0.3) is 0 Å². The Kier molecular flexibility index (Phi) is 3.52. The average molecular weight is 330 g/mol. The van der Waals surface area contributed by atoms with Gasteiger partial charge in [0.15, 0.2) is 10.4 Å². The molecule has 3 aromatic rings. The molecular weight excluding hydrogens is 318 g/mol. The molecule has 0 saturated carbocycles. The lowest BCUT2D eigenvalue weighted by molar-refractivity contribution is 0.293. The molecule has 0 spiro atoms. The lowest BCUT2D eigenvalue weighted by atomic mass is 10.1. The summed E-state index contributed by atoms with van der Waals surface area (Å²) in [5.74, 6) is 0.793. The van der Waals surface area contributed by atoms with Gasteiger partial charge in [0.05, 0.1) is 6.20 Å². The van der Waals surface area contributed by atoms with Gasteiger partial charge in [-0.1, -0.05) is 42.5 Å². The Morgan fingerprint density at radius 1 is 1.10 bits per heavy atom. The monoisotopic (exact) mass is 329 g/mol. The van der Waals surface area contributed by atoms with Crippen LogP contribution >= 0.6 is 15.9 Å². The summed E-state index contributed by atoms with van der Waals surface area (Å²) in [7, 11) is 0. The molecule has 2 N–H and O–H groups in total. The van der Waals surface area contributed by atoms with Crippen LogP contribution in [0, 0.1) is 0 Å². The van der Waals surface area contributed by atoms with Crippen molar-refractivity contribution < 1.29 is 4.74 Å². The first-order valence-electron chi connectivity index (χ1n) is 6.11. The number of hydrogen-bond donors (Lipinski definition) is 1. The lowest BCUT2D eigenvalue weighted by Crippen LogP contribution is -2.01. The SMILES string of the molecule is Nc1ncc(OCc2cccc3ccccc23)nc1Br. The van der Waals surface area contributed by atoms with E-state index in [0.717, 1.165) is 5.56 Å². The van der Waals surface area contributed by atoms with E-state index in [0.29, 0.717) is 22.9 Å². The van der Waals surface area contributed by atoms with Gasteiger partial charge in [0, 0.05) is 0 Å². The minimum absolute atomic E-state index is 0.350. The van der Waals surface area contributed by atoms with Crippen LogP contribution in [0.5, 0.6) is 5.88 Å². The third-order valence-electron chi connectivity index (χ3n) is 2.99. The number of anilines is 1. The topological polar surface area (TPSA) is 61.0 Å². The summed E-state index contributed by atoms with van der Waals surface area (Å²) < 4.78 is 6.17. The van der Waals surface area contributed by atoms with Crippen molar-refractivity contribution in [3.63, 3.8) is 0 Å². The first-order valence-corrected chi connectivity index (χ1v) is 6.91. The third kappa shape index (κ3) is 2.58. The third-order valence-corrected chi connectivity index (χ3v) is 3.57. The second kappa shape index (κ2) is 5.46. The van der Waals surface area contributed by atoms with Gasteiger partial charge in [-0.05, 0) is 32.3 Å².